The van der Waals surface area contributed by atoms with Crippen molar-refractivity contribution in [2.75, 3.05) is 0 Å². The molecular weight excluding hydrogens is 280 g/mol. The van der Waals surface area contributed by atoms with E-state index in [0.29, 0.717) is 6.42 Å². The predicted molar refractivity (Wildman–Crippen MR) is 85.6 cm³/mol. The fraction of sp³-hybridized carbons (Fsp3) is 0.882. The van der Waals surface area contributed by atoms with Gasteiger partial charge in [-0.05, 0) is 59.8 Å². The molecule has 0 aromatic carbocycles. The number of nitrogens with zero attached hydrogens (tertiary/aromatic N) is 1. The van der Waals surface area contributed by atoms with Crippen molar-refractivity contribution in [1.82, 2.24) is 10.2 Å². The van der Waals surface area contributed by atoms with Gasteiger partial charge in [-0.2, -0.15) is 0 Å². The lowest BCUT2D eigenvalue weighted by Crippen LogP contribution is -2.64. The van der Waals surface area contributed by atoms with Crippen LogP contribution in [0, 0.1) is 0 Å². The summed E-state index contributed by atoms with van der Waals surface area (Å²) in [6.45, 7) is 9.68. The van der Waals surface area contributed by atoms with Gasteiger partial charge >= 0.3 is 6.09 Å². The van der Waals surface area contributed by atoms with Crippen LogP contribution in [0.2, 0.25) is 0 Å². The van der Waals surface area contributed by atoms with E-state index in [1.54, 1.807) is 0 Å². The zero-order chi connectivity index (χ0) is 16.5. The Kier molecular flexibility index (Phi) is 4.73. The molecule has 2 heterocycles. The summed E-state index contributed by atoms with van der Waals surface area (Å²) in [6.07, 6.45) is 5.06. The molecular formula is C17H30N2O3. The van der Waals surface area contributed by atoms with Crippen LogP contribution in [0.15, 0.2) is 0 Å². The molecule has 3 atom stereocenters. The Hall–Kier alpha value is -1.26. The van der Waals surface area contributed by atoms with Crippen molar-refractivity contribution < 1.29 is 14.3 Å². The zero-order valence-electron chi connectivity index (χ0n) is 14.6. The molecule has 3 unspecified atom stereocenters. The number of hydrogen-bond acceptors (Lipinski definition) is 3. The normalized spacial score (nSPS) is 31.6. The standard InChI is InChI=1S/C17H30N2O3/c1-6-14(20)19-13-8-7-9-17(19,5)11-12(10-13)18-15(21)22-16(2,3)4/h12-13H,6-11H2,1-5H3,(H,18,21). The number of ether oxygens (including phenoxy) is 1. The first kappa shape index (κ1) is 17.1. The van der Waals surface area contributed by atoms with Crippen molar-refractivity contribution in [1.29, 1.82) is 0 Å². The van der Waals surface area contributed by atoms with Gasteiger partial charge < -0.3 is 15.0 Å². The van der Waals surface area contributed by atoms with Gasteiger partial charge in [0, 0.05) is 24.0 Å². The number of fused-ring (bicyclic) bond motifs is 2. The van der Waals surface area contributed by atoms with Crippen LogP contribution >= 0.6 is 0 Å². The van der Waals surface area contributed by atoms with Gasteiger partial charge in [-0.25, -0.2) is 4.79 Å². The Morgan fingerprint density at radius 2 is 2.05 bits per heavy atom. The molecule has 2 amide bonds. The molecule has 0 aliphatic carbocycles. The minimum Gasteiger partial charge on any atom is -0.444 e. The summed E-state index contributed by atoms with van der Waals surface area (Å²) < 4.78 is 5.36. The first-order valence-electron chi connectivity index (χ1n) is 8.46. The topological polar surface area (TPSA) is 58.6 Å². The minimum absolute atomic E-state index is 0.0889. The van der Waals surface area contributed by atoms with E-state index in [1.807, 2.05) is 27.7 Å². The molecule has 2 rings (SSSR count). The molecule has 2 bridgehead atoms. The van der Waals surface area contributed by atoms with Gasteiger partial charge in [0.1, 0.15) is 5.60 Å². The highest BCUT2D eigenvalue weighted by atomic mass is 16.6. The minimum atomic E-state index is -0.483. The summed E-state index contributed by atoms with van der Waals surface area (Å²) >= 11 is 0. The summed E-state index contributed by atoms with van der Waals surface area (Å²) in [5.41, 5.74) is -0.614. The third-order valence-corrected chi connectivity index (χ3v) is 4.73. The van der Waals surface area contributed by atoms with Crippen molar-refractivity contribution >= 4 is 12.0 Å². The average Bonchev–Trinajstić information content (AvgIpc) is 2.33. The van der Waals surface area contributed by atoms with Gasteiger partial charge in [-0.1, -0.05) is 6.92 Å². The molecule has 2 fully saturated rings. The molecule has 0 aromatic rings. The maximum absolute atomic E-state index is 12.3. The number of nitrogens with one attached hydrogen (secondary N) is 1. The van der Waals surface area contributed by atoms with Gasteiger partial charge in [-0.3, -0.25) is 4.79 Å². The highest BCUT2D eigenvalue weighted by Gasteiger charge is 2.48. The Labute approximate surface area is 133 Å². The molecule has 2 saturated heterocycles. The second-order valence-corrected chi connectivity index (χ2v) is 7.94. The van der Waals surface area contributed by atoms with Crippen LogP contribution in [0.4, 0.5) is 4.79 Å². The molecule has 5 heteroatoms. The maximum Gasteiger partial charge on any atom is 0.407 e. The third-order valence-electron chi connectivity index (χ3n) is 4.73. The lowest BCUT2D eigenvalue weighted by atomic mass is 9.73. The van der Waals surface area contributed by atoms with E-state index in [2.05, 4.69) is 17.1 Å². The first-order chi connectivity index (χ1) is 10.1. The van der Waals surface area contributed by atoms with Crippen molar-refractivity contribution in [3.05, 3.63) is 0 Å². The lowest BCUT2D eigenvalue weighted by molar-refractivity contribution is -0.148. The van der Waals surface area contributed by atoms with Crippen molar-refractivity contribution in [2.45, 2.75) is 96.4 Å². The van der Waals surface area contributed by atoms with Gasteiger partial charge in [0.15, 0.2) is 0 Å². The average molecular weight is 310 g/mol. The van der Waals surface area contributed by atoms with Crippen molar-refractivity contribution in [2.24, 2.45) is 0 Å². The number of carbonyl (C=O) groups excluding carboxylic acids is 2. The Morgan fingerprint density at radius 3 is 2.59 bits per heavy atom. The van der Waals surface area contributed by atoms with E-state index in [0.717, 1.165) is 32.1 Å². The van der Waals surface area contributed by atoms with E-state index in [9.17, 15) is 9.59 Å². The molecule has 0 saturated carbocycles. The number of carbonyl (C=O) groups is 2. The number of rotatable bonds is 2. The fourth-order valence-electron chi connectivity index (χ4n) is 4.03. The lowest BCUT2D eigenvalue weighted by Gasteiger charge is -2.55. The van der Waals surface area contributed by atoms with Gasteiger partial charge in [-0.15, -0.1) is 0 Å². The molecule has 0 radical (unpaired) electrons. The van der Waals surface area contributed by atoms with E-state index >= 15 is 0 Å². The van der Waals surface area contributed by atoms with Crippen LogP contribution in [0.5, 0.6) is 0 Å². The number of piperidine rings is 2. The quantitative estimate of drug-likeness (QED) is 0.852. The van der Waals surface area contributed by atoms with E-state index < -0.39 is 5.60 Å². The van der Waals surface area contributed by atoms with Gasteiger partial charge in [0.25, 0.3) is 0 Å². The highest BCUT2D eigenvalue weighted by molar-refractivity contribution is 5.77. The van der Waals surface area contributed by atoms with Crippen LogP contribution in [0.3, 0.4) is 0 Å². The highest BCUT2D eigenvalue weighted by Crippen LogP contribution is 2.42. The molecule has 126 valence electrons. The Bertz CT molecular complexity index is 444. The monoisotopic (exact) mass is 310 g/mol. The molecule has 5 nitrogen and oxygen atoms in total. The van der Waals surface area contributed by atoms with E-state index in [-0.39, 0.29) is 29.6 Å². The predicted octanol–water partition coefficient (Wildman–Crippen LogP) is 3.22. The van der Waals surface area contributed by atoms with Crippen LogP contribution in [-0.2, 0) is 9.53 Å². The van der Waals surface area contributed by atoms with Crippen LogP contribution in [-0.4, -0.2) is 40.1 Å². The van der Waals surface area contributed by atoms with Gasteiger partial charge in [0.2, 0.25) is 5.91 Å². The summed E-state index contributed by atoms with van der Waals surface area (Å²) in [4.78, 5) is 26.4. The molecule has 0 spiro atoms. The third kappa shape index (κ3) is 3.73. The smallest absolute Gasteiger partial charge is 0.407 e. The Morgan fingerprint density at radius 1 is 1.36 bits per heavy atom. The molecule has 22 heavy (non-hydrogen) atoms. The van der Waals surface area contributed by atoms with Crippen LogP contribution in [0.25, 0.3) is 0 Å². The van der Waals surface area contributed by atoms with Crippen LogP contribution in [0.1, 0.15) is 73.1 Å². The maximum atomic E-state index is 12.3. The van der Waals surface area contributed by atoms with E-state index in [1.165, 1.54) is 0 Å². The van der Waals surface area contributed by atoms with Crippen LogP contribution < -0.4 is 5.32 Å². The summed E-state index contributed by atoms with van der Waals surface area (Å²) in [6, 6.07) is 0.339. The molecule has 2 aliphatic rings. The Balaban J connectivity index is 2.05. The summed E-state index contributed by atoms with van der Waals surface area (Å²) in [5.74, 6) is 0.239. The largest absolute Gasteiger partial charge is 0.444 e. The number of amides is 2. The molecule has 2 aliphatic heterocycles. The van der Waals surface area contributed by atoms with Crippen molar-refractivity contribution in [3.63, 3.8) is 0 Å². The second-order valence-electron chi connectivity index (χ2n) is 7.94. The second kappa shape index (κ2) is 6.09. The molecule has 1 N–H and O–H groups in total. The van der Waals surface area contributed by atoms with Gasteiger partial charge in [0.05, 0.1) is 0 Å². The number of hydrogen-bond donors (Lipinski definition) is 1. The SMILES string of the molecule is CCC(=O)N1C2CCCC1(C)CC(NC(=O)OC(C)(C)C)C2. The van der Waals surface area contributed by atoms with E-state index in [4.69, 9.17) is 4.74 Å². The van der Waals surface area contributed by atoms with Crippen molar-refractivity contribution in [3.8, 4) is 0 Å². The summed E-state index contributed by atoms with van der Waals surface area (Å²) in [5, 5.41) is 3.01. The molecule has 0 aromatic heterocycles. The zero-order valence-corrected chi connectivity index (χ0v) is 14.6. The number of alkyl carbamates (subject to hydrolysis) is 1. The summed E-state index contributed by atoms with van der Waals surface area (Å²) in [7, 11) is 0. The first-order valence-corrected chi connectivity index (χ1v) is 8.46. The fourth-order valence-corrected chi connectivity index (χ4v) is 4.03.